The van der Waals surface area contributed by atoms with Crippen LogP contribution < -0.4 is 10.2 Å². The van der Waals surface area contributed by atoms with Crippen molar-refractivity contribution in [2.24, 2.45) is 5.92 Å². The van der Waals surface area contributed by atoms with Crippen molar-refractivity contribution in [1.29, 1.82) is 0 Å². The van der Waals surface area contributed by atoms with E-state index < -0.39 is 6.10 Å². The highest BCUT2D eigenvalue weighted by atomic mass is 32.1. The molecule has 0 radical (unpaired) electrons. The minimum atomic E-state index is -0.515. The molecule has 5 nitrogen and oxygen atoms in total. The van der Waals surface area contributed by atoms with Gasteiger partial charge in [0.1, 0.15) is 0 Å². The van der Waals surface area contributed by atoms with Gasteiger partial charge in [-0.15, -0.1) is 0 Å². The van der Waals surface area contributed by atoms with Crippen LogP contribution in [0.2, 0.25) is 0 Å². The van der Waals surface area contributed by atoms with Crippen molar-refractivity contribution in [2.45, 2.75) is 52.2 Å². The molecule has 3 N–H and O–H groups in total. The topological polar surface area (TPSA) is 74.3 Å². The van der Waals surface area contributed by atoms with Crippen molar-refractivity contribution in [1.82, 2.24) is 10.3 Å². The minimum absolute atomic E-state index is 0.0478. The number of aliphatic hydroxyl groups is 1. The summed E-state index contributed by atoms with van der Waals surface area (Å²) in [6.07, 6.45) is 4.27. The summed E-state index contributed by atoms with van der Waals surface area (Å²) in [7, 11) is 0. The van der Waals surface area contributed by atoms with Crippen molar-refractivity contribution in [3.63, 3.8) is 0 Å². The van der Waals surface area contributed by atoms with Crippen LogP contribution in [0.4, 0.5) is 0 Å². The molecule has 2 atom stereocenters. The Labute approximate surface area is 130 Å². The second kappa shape index (κ2) is 11.0. The second-order valence-corrected chi connectivity index (χ2v) is 6.25. The Balaban J connectivity index is 2.07. The van der Waals surface area contributed by atoms with Crippen LogP contribution in [0.3, 0.4) is 0 Å². The third-order valence-electron chi connectivity index (χ3n) is 3.47. The quantitative estimate of drug-likeness (QED) is 0.552. The largest absolute Gasteiger partial charge is 0.389 e. The molecular formula is C15H28N2O3S. The number of rotatable bonds is 12. The van der Waals surface area contributed by atoms with Crippen molar-refractivity contribution in [3.8, 4) is 0 Å². The summed E-state index contributed by atoms with van der Waals surface area (Å²) in [6, 6.07) is 0. The van der Waals surface area contributed by atoms with Crippen molar-refractivity contribution in [3.05, 3.63) is 20.7 Å². The molecule has 2 unspecified atom stereocenters. The zero-order chi connectivity index (χ0) is 15.5. The third kappa shape index (κ3) is 8.36. The number of thiazole rings is 1. The second-order valence-electron chi connectivity index (χ2n) is 5.41. The van der Waals surface area contributed by atoms with E-state index in [-0.39, 0.29) is 4.87 Å². The molecule has 1 heterocycles. The van der Waals surface area contributed by atoms with Gasteiger partial charge in [0.2, 0.25) is 0 Å². The van der Waals surface area contributed by atoms with Crippen LogP contribution in [0.25, 0.3) is 0 Å². The first-order valence-corrected chi connectivity index (χ1v) is 8.66. The van der Waals surface area contributed by atoms with E-state index in [1.807, 2.05) is 0 Å². The summed E-state index contributed by atoms with van der Waals surface area (Å²) in [5.41, 5.74) is 0.851. The number of nitrogens with one attached hydrogen (secondary N) is 2. The van der Waals surface area contributed by atoms with Gasteiger partial charge in [-0.05, 0) is 12.3 Å². The average Bonchev–Trinajstić information content (AvgIpc) is 2.88. The Hall–Kier alpha value is -0.690. The number of aliphatic hydroxyl groups excluding tert-OH is 1. The van der Waals surface area contributed by atoms with Gasteiger partial charge in [-0.2, -0.15) is 0 Å². The lowest BCUT2D eigenvalue weighted by Crippen LogP contribution is -2.31. The van der Waals surface area contributed by atoms with Gasteiger partial charge in [-0.3, -0.25) is 4.79 Å². The molecule has 0 aliphatic heterocycles. The van der Waals surface area contributed by atoms with Crippen LogP contribution in [0.1, 0.15) is 45.2 Å². The lowest BCUT2D eigenvalue weighted by molar-refractivity contribution is 0.0192. The molecule has 0 spiro atoms. The Morgan fingerprint density at radius 1 is 1.43 bits per heavy atom. The monoisotopic (exact) mass is 316 g/mol. The molecule has 6 heteroatoms. The van der Waals surface area contributed by atoms with E-state index in [0.717, 1.165) is 30.1 Å². The van der Waals surface area contributed by atoms with E-state index in [9.17, 15) is 9.90 Å². The van der Waals surface area contributed by atoms with Crippen LogP contribution in [-0.2, 0) is 11.3 Å². The van der Waals surface area contributed by atoms with Crippen LogP contribution in [0, 0.1) is 5.92 Å². The zero-order valence-electron chi connectivity index (χ0n) is 13.1. The number of H-pyrrole nitrogens is 1. The fourth-order valence-corrected chi connectivity index (χ4v) is 2.68. The predicted molar refractivity (Wildman–Crippen MR) is 86.8 cm³/mol. The SMILES string of the molecule is CCCCC(CC)COCC(O)CNCc1csc(=O)[nH]1. The molecule has 0 bridgehead atoms. The first-order chi connectivity index (χ1) is 10.2. The highest BCUT2D eigenvalue weighted by Gasteiger charge is 2.09. The Morgan fingerprint density at radius 3 is 2.86 bits per heavy atom. The zero-order valence-corrected chi connectivity index (χ0v) is 13.9. The number of hydrogen-bond donors (Lipinski definition) is 3. The molecule has 1 rings (SSSR count). The van der Waals surface area contributed by atoms with E-state index in [0.29, 0.717) is 25.6 Å². The van der Waals surface area contributed by atoms with Crippen LogP contribution in [0.5, 0.6) is 0 Å². The molecule has 0 amide bonds. The smallest absolute Gasteiger partial charge is 0.304 e. The Morgan fingerprint density at radius 2 is 2.24 bits per heavy atom. The molecule has 21 heavy (non-hydrogen) atoms. The first-order valence-electron chi connectivity index (χ1n) is 7.78. The number of ether oxygens (including phenoxy) is 1. The molecular weight excluding hydrogens is 288 g/mol. The van der Waals surface area contributed by atoms with Crippen molar-refractivity contribution in [2.75, 3.05) is 19.8 Å². The summed E-state index contributed by atoms with van der Waals surface area (Å²) in [6.45, 7) is 6.49. The highest BCUT2D eigenvalue weighted by Crippen LogP contribution is 2.12. The molecule has 1 aromatic rings. The molecule has 1 aromatic heterocycles. The van der Waals surface area contributed by atoms with Gasteiger partial charge in [0.15, 0.2) is 0 Å². The van der Waals surface area contributed by atoms with E-state index in [1.165, 1.54) is 19.3 Å². The maximum absolute atomic E-state index is 11.0. The summed E-state index contributed by atoms with van der Waals surface area (Å²) in [4.78, 5) is 13.6. The van der Waals surface area contributed by atoms with Gasteiger partial charge in [-0.25, -0.2) is 0 Å². The van der Waals surface area contributed by atoms with Gasteiger partial charge in [0, 0.05) is 30.8 Å². The van der Waals surface area contributed by atoms with Gasteiger partial charge in [-0.1, -0.05) is 44.4 Å². The third-order valence-corrected chi connectivity index (χ3v) is 4.19. The number of aromatic nitrogens is 1. The summed E-state index contributed by atoms with van der Waals surface area (Å²) in [5.74, 6) is 0.598. The lowest BCUT2D eigenvalue weighted by Gasteiger charge is -2.17. The van der Waals surface area contributed by atoms with Crippen LogP contribution >= 0.6 is 11.3 Å². The van der Waals surface area contributed by atoms with Gasteiger partial charge < -0.3 is 20.1 Å². The average molecular weight is 316 g/mol. The van der Waals surface area contributed by atoms with Crippen molar-refractivity contribution < 1.29 is 9.84 Å². The molecule has 0 aliphatic rings. The van der Waals surface area contributed by atoms with E-state index in [4.69, 9.17) is 4.74 Å². The molecule has 0 saturated heterocycles. The highest BCUT2D eigenvalue weighted by molar-refractivity contribution is 7.07. The standard InChI is InChI=1S/C15H28N2O3S/c1-3-5-6-12(4-2)9-20-10-14(18)8-16-7-13-11-21-15(19)17-13/h11-12,14,16,18H,3-10H2,1-2H3,(H,17,19). The van der Waals surface area contributed by atoms with E-state index >= 15 is 0 Å². The van der Waals surface area contributed by atoms with Crippen LogP contribution in [-0.4, -0.2) is 36.0 Å². The fourth-order valence-electron chi connectivity index (χ4n) is 2.10. The summed E-state index contributed by atoms with van der Waals surface area (Å²) in [5, 5.41) is 14.7. The molecule has 122 valence electrons. The minimum Gasteiger partial charge on any atom is -0.389 e. The summed E-state index contributed by atoms with van der Waals surface area (Å²) >= 11 is 1.15. The van der Waals surface area contributed by atoms with E-state index in [1.54, 1.807) is 5.38 Å². The molecule has 0 aromatic carbocycles. The Kier molecular flexibility index (Phi) is 9.58. The first kappa shape index (κ1) is 18.4. The number of unbranched alkanes of at least 4 members (excludes halogenated alkanes) is 1. The van der Waals surface area contributed by atoms with Gasteiger partial charge in [0.25, 0.3) is 0 Å². The number of hydrogen-bond acceptors (Lipinski definition) is 5. The maximum atomic E-state index is 11.0. The lowest BCUT2D eigenvalue weighted by atomic mass is 10.0. The van der Waals surface area contributed by atoms with Gasteiger partial charge in [0.05, 0.1) is 12.7 Å². The number of aromatic amines is 1. The predicted octanol–water partition coefficient (Wildman–Crippen LogP) is 2.12. The maximum Gasteiger partial charge on any atom is 0.304 e. The fraction of sp³-hybridized carbons (Fsp3) is 0.800. The summed E-state index contributed by atoms with van der Waals surface area (Å²) < 4.78 is 5.61. The normalized spacial score (nSPS) is 14.2. The molecule has 0 fully saturated rings. The van der Waals surface area contributed by atoms with Gasteiger partial charge >= 0.3 is 4.87 Å². The Bertz CT molecular complexity index is 419. The molecule has 0 aliphatic carbocycles. The van der Waals surface area contributed by atoms with Crippen LogP contribution in [0.15, 0.2) is 10.2 Å². The van der Waals surface area contributed by atoms with Crippen molar-refractivity contribution >= 4 is 11.3 Å². The van der Waals surface area contributed by atoms with E-state index in [2.05, 4.69) is 24.1 Å². The molecule has 0 saturated carbocycles.